The number of fused-ring (bicyclic) bond motifs is 1. The molecule has 4 N–H and O–H groups in total. The molecule has 2 aromatic heterocycles. The van der Waals surface area contributed by atoms with E-state index in [0.717, 1.165) is 77.8 Å². The molecule has 2 saturated heterocycles. The van der Waals surface area contributed by atoms with E-state index in [-0.39, 0.29) is 40.6 Å². The highest BCUT2D eigenvalue weighted by atomic mass is 19.1. The molecule has 2 aliphatic carbocycles. The molecule has 0 unspecified atom stereocenters. The first-order valence-electron chi connectivity index (χ1n) is 21.1. The number of amides is 4. The molecule has 9 rings (SSSR count). The summed E-state index contributed by atoms with van der Waals surface area (Å²) in [5.74, 6) is 6.78. The number of nitrogens with zero attached hydrogens (tertiary/aromatic N) is 4. The van der Waals surface area contributed by atoms with E-state index in [0.29, 0.717) is 24.5 Å². The van der Waals surface area contributed by atoms with Gasteiger partial charge >= 0.3 is 12.2 Å². The van der Waals surface area contributed by atoms with Crippen LogP contribution in [0.2, 0.25) is 0 Å². The average molecular weight is 841 g/mol. The van der Waals surface area contributed by atoms with Crippen molar-refractivity contribution in [3.63, 3.8) is 0 Å². The van der Waals surface area contributed by atoms with Crippen LogP contribution in [0.15, 0.2) is 72.9 Å². The zero-order valence-corrected chi connectivity index (χ0v) is 35.1. The van der Waals surface area contributed by atoms with E-state index in [1.165, 1.54) is 32.4 Å². The minimum atomic E-state index is -1.14. The number of halogens is 1. The van der Waals surface area contributed by atoms with Gasteiger partial charge in [0.2, 0.25) is 5.91 Å². The second-order valence-electron chi connectivity index (χ2n) is 17.7. The molecule has 4 fully saturated rings. The molecule has 14 nitrogen and oxygen atoms in total. The van der Waals surface area contributed by atoms with Crippen LogP contribution in [0.3, 0.4) is 0 Å². The lowest BCUT2D eigenvalue weighted by Gasteiger charge is -2.30. The first kappa shape index (κ1) is 40.7. The average Bonchev–Trinajstić information content (AvgIpc) is 3.89. The Balaban J connectivity index is 0.898. The largest absolute Gasteiger partial charge is 0.453 e. The summed E-state index contributed by atoms with van der Waals surface area (Å²) in [5.41, 5.74) is 5.31. The number of carbonyl (C=O) groups excluding carboxylic acids is 4. The lowest BCUT2D eigenvalue weighted by molar-refractivity contribution is -0.136. The van der Waals surface area contributed by atoms with E-state index in [4.69, 9.17) is 19.4 Å². The van der Waals surface area contributed by atoms with Crippen molar-refractivity contribution < 1.29 is 33.0 Å². The summed E-state index contributed by atoms with van der Waals surface area (Å²) in [6.07, 6.45) is 6.05. The number of ether oxygens (including phenoxy) is 2. The number of imidazole rings is 2. The predicted molar refractivity (Wildman–Crippen MR) is 226 cm³/mol. The standard InChI is InChI=1S/C47H49FN8O6/c1-27(2)38(53-44(59)61-3)42(57)55-25-46(16-17-46)22-36(55)40-49-24-35(52-40)30-13-10-28(11-14-30)8-9-29-12-15-33-34(20-29)51-41(50-33)37-23-47(18-19-47)26-56(37)43(58)39(54-45(60)62-4)31-6-5-7-32(48)21-31/h5-7,10-15,20-21,24,27,36-39H,16-19,22-23,25-26H2,1-4H3,(H,49,52)(H,50,51)(H,53,59)(H,54,60)/t36-,37-,38-,39+/m0/s1. The van der Waals surface area contributed by atoms with Crippen molar-refractivity contribution in [3.05, 3.63) is 107 Å². The number of likely N-dealkylation sites (tertiary alicyclic amines) is 2. The van der Waals surface area contributed by atoms with Gasteiger partial charge in [0.05, 0.1) is 49.2 Å². The highest BCUT2D eigenvalue weighted by Crippen LogP contribution is 2.59. The van der Waals surface area contributed by atoms with Crippen molar-refractivity contribution in [1.29, 1.82) is 0 Å². The molecule has 0 bridgehead atoms. The van der Waals surface area contributed by atoms with Gasteiger partial charge in [-0.15, -0.1) is 0 Å². The van der Waals surface area contributed by atoms with Gasteiger partial charge in [-0.2, -0.15) is 0 Å². The molecule has 62 heavy (non-hydrogen) atoms. The van der Waals surface area contributed by atoms with Crippen molar-refractivity contribution in [2.45, 2.75) is 76.5 Å². The fourth-order valence-corrected chi connectivity index (χ4v) is 9.13. The molecule has 2 spiro atoms. The van der Waals surface area contributed by atoms with Crippen LogP contribution in [0.4, 0.5) is 14.0 Å². The highest BCUT2D eigenvalue weighted by molar-refractivity contribution is 5.88. The molecule has 5 aromatic rings. The van der Waals surface area contributed by atoms with Crippen molar-refractivity contribution in [3.8, 4) is 23.1 Å². The number of methoxy groups -OCH3 is 2. The first-order valence-corrected chi connectivity index (χ1v) is 21.1. The molecular formula is C47H49FN8O6. The minimum Gasteiger partial charge on any atom is -0.453 e. The highest BCUT2D eigenvalue weighted by Gasteiger charge is 2.56. The Morgan fingerprint density at radius 3 is 2.06 bits per heavy atom. The number of nitrogens with one attached hydrogen (secondary N) is 4. The number of aromatic nitrogens is 4. The quantitative estimate of drug-likeness (QED) is 0.114. The number of aromatic amines is 2. The lowest BCUT2D eigenvalue weighted by atomic mass is 10.0. The molecule has 4 heterocycles. The number of carbonyl (C=O) groups is 4. The maximum absolute atomic E-state index is 14.3. The number of benzene rings is 3. The smallest absolute Gasteiger partial charge is 0.407 e. The second kappa shape index (κ2) is 16.0. The predicted octanol–water partition coefficient (Wildman–Crippen LogP) is 7.08. The topological polar surface area (TPSA) is 175 Å². The molecule has 3 aromatic carbocycles. The second-order valence-corrected chi connectivity index (χ2v) is 17.7. The van der Waals surface area contributed by atoms with E-state index in [1.807, 2.05) is 61.2 Å². The van der Waals surface area contributed by atoms with E-state index in [9.17, 15) is 23.6 Å². The first-order chi connectivity index (χ1) is 29.8. The molecule has 0 radical (unpaired) electrons. The van der Waals surface area contributed by atoms with Gasteiger partial charge in [-0.05, 0) is 109 Å². The number of hydrogen-bond donors (Lipinski definition) is 4. The van der Waals surface area contributed by atoms with Gasteiger partial charge < -0.3 is 39.9 Å². The van der Waals surface area contributed by atoms with Crippen LogP contribution in [-0.2, 0) is 19.1 Å². The van der Waals surface area contributed by atoms with E-state index in [2.05, 4.69) is 32.4 Å². The number of alkyl carbamates (subject to hydrolysis) is 2. The molecule has 4 aliphatic rings. The lowest BCUT2D eigenvalue weighted by Crippen LogP contribution is -2.51. The Bertz CT molecular complexity index is 2620. The summed E-state index contributed by atoms with van der Waals surface area (Å²) >= 11 is 0. The molecular weight excluding hydrogens is 792 g/mol. The Morgan fingerprint density at radius 1 is 0.790 bits per heavy atom. The summed E-state index contributed by atoms with van der Waals surface area (Å²) in [5, 5.41) is 5.35. The summed E-state index contributed by atoms with van der Waals surface area (Å²) in [6.45, 7) is 4.97. The SMILES string of the molecule is COC(=O)N[C@H](C(=O)N1CC2(CC2)C[C@H]1c1ncc(-c2ccc(C#Cc3ccc4nc([C@@H]5CC6(CC6)CN5C(=O)[C@H](NC(=O)OC)c5cccc(F)c5)[nH]c4c3)cc2)[nH]1)C(C)C. The van der Waals surface area contributed by atoms with E-state index in [1.54, 1.807) is 17.2 Å². The maximum Gasteiger partial charge on any atom is 0.407 e. The number of hydrogen-bond acceptors (Lipinski definition) is 8. The summed E-state index contributed by atoms with van der Waals surface area (Å²) < 4.78 is 23.9. The zero-order chi connectivity index (χ0) is 43.3. The zero-order valence-electron chi connectivity index (χ0n) is 35.1. The molecule has 2 saturated carbocycles. The van der Waals surface area contributed by atoms with Gasteiger partial charge in [0.1, 0.15) is 29.5 Å². The van der Waals surface area contributed by atoms with Gasteiger partial charge in [0, 0.05) is 24.2 Å². The van der Waals surface area contributed by atoms with Crippen LogP contribution in [0, 0.1) is 34.4 Å². The van der Waals surface area contributed by atoms with Crippen LogP contribution in [0.1, 0.15) is 98.8 Å². The third-order valence-corrected chi connectivity index (χ3v) is 13.0. The summed E-state index contributed by atoms with van der Waals surface area (Å²) in [6, 6.07) is 16.9. The van der Waals surface area contributed by atoms with Crippen LogP contribution in [-0.4, -0.2) is 87.1 Å². The van der Waals surface area contributed by atoms with E-state index >= 15 is 0 Å². The van der Waals surface area contributed by atoms with Crippen molar-refractivity contribution in [2.24, 2.45) is 16.7 Å². The molecule has 15 heteroatoms. The van der Waals surface area contributed by atoms with Crippen LogP contribution < -0.4 is 10.6 Å². The Labute approximate surface area is 358 Å². The Hall–Kier alpha value is -6.69. The molecule has 4 amide bonds. The van der Waals surface area contributed by atoms with Crippen LogP contribution in [0.5, 0.6) is 0 Å². The van der Waals surface area contributed by atoms with Gasteiger partial charge in [-0.1, -0.05) is 50.0 Å². The normalized spacial score (nSPS) is 20.2. The molecule has 320 valence electrons. The van der Waals surface area contributed by atoms with Crippen molar-refractivity contribution in [1.82, 2.24) is 40.4 Å². The monoisotopic (exact) mass is 840 g/mol. The Morgan fingerprint density at radius 2 is 1.42 bits per heavy atom. The summed E-state index contributed by atoms with van der Waals surface area (Å²) in [7, 11) is 2.51. The minimum absolute atomic E-state index is 0.0110. The van der Waals surface area contributed by atoms with Crippen molar-refractivity contribution >= 4 is 35.0 Å². The fraction of sp³-hybridized carbons (Fsp3) is 0.404. The number of H-pyrrole nitrogens is 2. The van der Waals surface area contributed by atoms with Crippen LogP contribution >= 0.6 is 0 Å². The Kier molecular flexibility index (Phi) is 10.5. The van der Waals surface area contributed by atoms with Crippen LogP contribution in [0.25, 0.3) is 22.3 Å². The van der Waals surface area contributed by atoms with Gasteiger partial charge in [0.15, 0.2) is 0 Å². The van der Waals surface area contributed by atoms with Gasteiger partial charge in [-0.25, -0.2) is 23.9 Å². The van der Waals surface area contributed by atoms with Gasteiger partial charge in [0.25, 0.3) is 5.91 Å². The van der Waals surface area contributed by atoms with E-state index < -0.39 is 30.1 Å². The van der Waals surface area contributed by atoms with Gasteiger partial charge in [-0.3, -0.25) is 9.59 Å². The third kappa shape index (κ3) is 8.09. The molecule has 4 atom stereocenters. The number of rotatable bonds is 9. The van der Waals surface area contributed by atoms with Crippen molar-refractivity contribution in [2.75, 3.05) is 27.3 Å². The molecule has 2 aliphatic heterocycles. The fourth-order valence-electron chi connectivity index (χ4n) is 9.13. The summed E-state index contributed by atoms with van der Waals surface area (Å²) in [4.78, 5) is 72.7. The third-order valence-electron chi connectivity index (χ3n) is 13.0. The maximum atomic E-state index is 14.3.